The van der Waals surface area contributed by atoms with Gasteiger partial charge in [0.2, 0.25) is 0 Å². The van der Waals surface area contributed by atoms with Crippen LogP contribution in [-0.2, 0) is 0 Å². The number of rotatable bonds is 5. The number of nitrogens with two attached hydrogens (primary N) is 1. The molecule has 1 fully saturated rings. The largest absolute Gasteiger partial charge is 0.496 e. The lowest BCUT2D eigenvalue weighted by molar-refractivity contribution is 0.187. The molecule has 0 saturated carbocycles. The van der Waals surface area contributed by atoms with Crippen molar-refractivity contribution >= 4 is 5.69 Å². The van der Waals surface area contributed by atoms with Gasteiger partial charge in [0.05, 0.1) is 13.2 Å². The molecule has 0 bridgehead atoms. The summed E-state index contributed by atoms with van der Waals surface area (Å²) in [6, 6.07) is 17.2. The van der Waals surface area contributed by atoms with E-state index in [1.165, 1.54) is 16.8 Å². The molecule has 2 N–H and O–H groups in total. The van der Waals surface area contributed by atoms with E-state index in [1.54, 1.807) is 7.11 Å². The van der Waals surface area contributed by atoms with Gasteiger partial charge in [-0.05, 0) is 30.7 Å². The molecule has 24 heavy (non-hydrogen) atoms. The van der Waals surface area contributed by atoms with Gasteiger partial charge in [0.15, 0.2) is 0 Å². The molecular weight excluding hydrogens is 298 g/mol. The molecule has 1 atom stereocenters. The van der Waals surface area contributed by atoms with Crippen molar-refractivity contribution < 1.29 is 4.74 Å². The van der Waals surface area contributed by atoms with Crippen LogP contribution in [0.5, 0.6) is 5.75 Å². The van der Waals surface area contributed by atoms with Gasteiger partial charge < -0.3 is 15.4 Å². The highest BCUT2D eigenvalue weighted by Gasteiger charge is 2.26. The molecule has 2 aromatic rings. The maximum absolute atomic E-state index is 6.11. The zero-order valence-electron chi connectivity index (χ0n) is 14.6. The van der Waals surface area contributed by atoms with Crippen LogP contribution < -0.4 is 15.4 Å². The molecule has 1 aliphatic heterocycles. The first-order valence-corrected chi connectivity index (χ1v) is 8.61. The highest BCUT2D eigenvalue weighted by atomic mass is 16.5. The Hall–Kier alpha value is -2.04. The molecule has 1 aliphatic rings. The van der Waals surface area contributed by atoms with Crippen LogP contribution in [0.1, 0.15) is 17.2 Å². The molecule has 0 spiro atoms. The Morgan fingerprint density at radius 3 is 2.46 bits per heavy atom. The van der Waals surface area contributed by atoms with E-state index in [2.05, 4.69) is 53.1 Å². The summed E-state index contributed by atoms with van der Waals surface area (Å²) in [4.78, 5) is 4.93. The van der Waals surface area contributed by atoms with E-state index < -0.39 is 0 Å². The summed E-state index contributed by atoms with van der Waals surface area (Å²) in [6.45, 7) is 6.81. The lowest BCUT2D eigenvalue weighted by Gasteiger charge is -2.40. The first-order chi connectivity index (χ1) is 11.7. The normalized spacial score (nSPS) is 16.9. The van der Waals surface area contributed by atoms with Gasteiger partial charge in [-0.3, -0.25) is 4.90 Å². The Morgan fingerprint density at radius 1 is 1.04 bits per heavy atom. The quantitative estimate of drug-likeness (QED) is 0.918. The summed E-state index contributed by atoms with van der Waals surface area (Å²) < 4.78 is 5.53. The van der Waals surface area contributed by atoms with E-state index in [0.717, 1.165) is 31.9 Å². The lowest BCUT2D eigenvalue weighted by atomic mass is 10.0. The number of ether oxygens (including phenoxy) is 1. The van der Waals surface area contributed by atoms with Gasteiger partial charge in [0.1, 0.15) is 5.75 Å². The van der Waals surface area contributed by atoms with Crippen molar-refractivity contribution in [3.63, 3.8) is 0 Å². The van der Waals surface area contributed by atoms with Gasteiger partial charge in [-0.2, -0.15) is 0 Å². The minimum absolute atomic E-state index is 0.209. The maximum Gasteiger partial charge on any atom is 0.123 e. The smallest absolute Gasteiger partial charge is 0.123 e. The Morgan fingerprint density at radius 2 is 1.79 bits per heavy atom. The first kappa shape index (κ1) is 16.8. The van der Waals surface area contributed by atoms with Crippen molar-refractivity contribution in [2.45, 2.75) is 13.0 Å². The highest BCUT2D eigenvalue weighted by Crippen LogP contribution is 2.30. The van der Waals surface area contributed by atoms with E-state index in [-0.39, 0.29) is 6.04 Å². The van der Waals surface area contributed by atoms with Gasteiger partial charge >= 0.3 is 0 Å². The van der Waals surface area contributed by atoms with Crippen LogP contribution in [0.3, 0.4) is 0 Å². The van der Waals surface area contributed by atoms with E-state index in [4.69, 9.17) is 10.5 Å². The Kier molecular flexibility index (Phi) is 5.38. The number of piperazine rings is 1. The Labute approximate surface area is 144 Å². The summed E-state index contributed by atoms with van der Waals surface area (Å²) in [5, 5.41) is 0. The molecule has 128 valence electrons. The third-order valence-corrected chi connectivity index (χ3v) is 4.84. The molecule has 0 aromatic heterocycles. The number of benzene rings is 2. The average molecular weight is 325 g/mol. The molecule has 1 saturated heterocycles. The second-order valence-electron chi connectivity index (χ2n) is 6.36. The number of anilines is 1. The van der Waals surface area contributed by atoms with Gasteiger partial charge in [-0.1, -0.05) is 30.3 Å². The second-order valence-corrected chi connectivity index (χ2v) is 6.36. The average Bonchev–Trinajstić information content (AvgIpc) is 2.63. The predicted molar refractivity (Wildman–Crippen MR) is 99.8 cm³/mol. The van der Waals surface area contributed by atoms with Gasteiger partial charge in [0, 0.05) is 44.0 Å². The second kappa shape index (κ2) is 7.69. The fourth-order valence-electron chi connectivity index (χ4n) is 3.53. The van der Waals surface area contributed by atoms with Crippen molar-refractivity contribution in [3.8, 4) is 5.75 Å². The fraction of sp³-hybridized carbons (Fsp3) is 0.400. The maximum atomic E-state index is 6.11. The van der Waals surface area contributed by atoms with Crippen LogP contribution in [-0.4, -0.2) is 44.7 Å². The van der Waals surface area contributed by atoms with E-state index in [1.807, 2.05) is 12.1 Å². The van der Waals surface area contributed by atoms with Crippen molar-refractivity contribution in [1.82, 2.24) is 4.90 Å². The van der Waals surface area contributed by atoms with Gasteiger partial charge in [0.25, 0.3) is 0 Å². The summed E-state index contributed by atoms with van der Waals surface area (Å²) in [6.07, 6.45) is 0. The molecular formula is C20H27N3O. The number of nitrogens with zero attached hydrogens (tertiary/aromatic N) is 2. The first-order valence-electron chi connectivity index (χ1n) is 8.61. The number of hydrogen-bond acceptors (Lipinski definition) is 4. The van der Waals surface area contributed by atoms with Crippen LogP contribution >= 0.6 is 0 Å². The van der Waals surface area contributed by atoms with Crippen molar-refractivity contribution in [3.05, 3.63) is 59.7 Å². The molecule has 0 aliphatic carbocycles. The fourth-order valence-corrected chi connectivity index (χ4v) is 3.53. The molecule has 1 heterocycles. The van der Waals surface area contributed by atoms with Crippen LogP contribution in [0.25, 0.3) is 0 Å². The monoisotopic (exact) mass is 325 g/mol. The van der Waals surface area contributed by atoms with E-state index in [0.29, 0.717) is 6.54 Å². The third-order valence-electron chi connectivity index (χ3n) is 4.84. The molecule has 3 rings (SSSR count). The molecule has 1 unspecified atom stereocenters. The highest BCUT2D eigenvalue weighted by molar-refractivity contribution is 5.49. The summed E-state index contributed by atoms with van der Waals surface area (Å²) in [5.74, 6) is 0.925. The summed E-state index contributed by atoms with van der Waals surface area (Å²) >= 11 is 0. The number of methoxy groups -OCH3 is 1. The van der Waals surface area contributed by atoms with Gasteiger partial charge in [-0.25, -0.2) is 0 Å². The standard InChI is InChI=1S/C20H27N3O/c1-16-6-5-7-17(14-16)22-10-12-23(13-11-22)19(15-21)18-8-3-4-9-20(18)24-2/h3-9,14,19H,10-13,15,21H2,1-2H3. The van der Waals surface area contributed by atoms with Crippen LogP contribution in [0.15, 0.2) is 48.5 Å². The topological polar surface area (TPSA) is 41.7 Å². The van der Waals surface area contributed by atoms with Crippen molar-refractivity contribution in [1.29, 1.82) is 0 Å². The third kappa shape index (κ3) is 3.55. The van der Waals surface area contributed by atoms with Crippen LogP contribution in [0.2, 0.25) is 0 Å². The van der Waals surface area contributed by atoms with Gasteiger partial charge in [-0.15, -0.1) is 0 Å². The van der Waals surface area contributed by atoms with E-state index >= 15 is 0 Å². The Balaban J connectivity index is 1.70. The van der Waals surface area contributed by atoms with Crippen LogP contribution in [0.4, 0.5) is 5.69 Å². The predicted octanol–water partition coefficient (Wildman–Crippen LogP) is 2.83. The minimum atomic E-state index is 0.209. The SMILES string of the molecule is COc1ccccc1C(CN)N1CCN(c2cccc(C)c2)CC1. The van der Waals surface area contributed by atoms with E-state index in [9.17, 15) is 0 Å². The summed E-state index contributed by atoms with van der Waals surface area (Å²) in [7, 11) is 1.72. The van der Waals surface area contributed by atoms with Crippen LogP contribution in [0, 0.1) is 6.92 Å². The molecule has 2 aromatic carbocycles. The lowest BCUT2D eigenvalue weighted by Crippen LogP contribution is -2.49. The molecule has 4 heteroatoms. The summed E-state index contributed by atoms with van der Waals surface area (Å²) in [5.41, 5.74) is 9.93. The molecule has 4 nitrogen and oxygen atoms in total. The zero-order chi connectivity index (χ0) is 16.9. The molecule has 0 radical (unpaired) electrons. The Bertz CT molecular complexity index is 665. The number of para-hydroxylation sites is 1. The van der Waals surface area contributed by atoms with Crippen molar-refractivity contribution in [2.24, 2.45) is 5.73 Å². The minimum Gasteiger partial charge on any atom is -0.496 e. The van der Waals surface area contributed by atoms with Crippen molar-refractivity contribution in [2.75, 3.05) is 44.7 Å². The zero-order valence-corrected chi connectivity index (χ0v) is 14.6. The number of hydrogen-bond donors (Lipinski definition) is 1. The molecule has 0 amide bonds. The number of aryl methyl sites for hydroxylation is 1.